The lowest BCUT2D eigenvalue weighted by Crippen LogP contribution is -2.52. The normalized spacial score (nSPS) is 12.8. The Morgan fingerprint density at radius 1 is 0.342 bits per heavy atom. The third kappa shape index (κ3) is 15.0. The van der Waals surface area contributed by atoms with Crippen molar-refractivity contribution >= 4 is 126 Å². The van der Waals surface area contributed by atoms with E-state index in [0.717, 1.165) is 9.80 Å². The highest BCUT2D eigenvalue weighted by atomic mass is 16.6. The Kier molecular flexibility index (Phi) is 21.6. The van der Waals surface area contributed by atoms with E-state index in [1.165, 1.54) is 212 Å². The summed E-state index contributed by atoms with van der Waals surface area (Å²) < 4.78 is 59.6. The molecule has 576 valence electrons. The molecule has 0 saturated heterocycles. The van der Waals surface area contributed by atoms with E-state index in [4.69, 9.17) is 47.4 Å². The van der Waals surface area contributed by atoms with Gasteiger partial charge in [0.15, 0.2) is 0 Å². The van der Waals surface area contributed by atoms with E-state index < -0.39 is 95.2 Å². The average molecular weight is 1540 g/mol. The predicted octanol–water partition coefficient (Wildman–Crippen LogP) is 16.3. The molecule has 2 N–H and O–H groups in total. The quantitative estimate of drug-likeness (QED) is 0.00967. The number of fused-ring (bicyclic) bond motifs is 2. The van der Waals surface area contributed by atoms with Gasteiger partial charge in [-0.3, -0.25) is 38.6 Å². The van der Waals surface area contributed by atoms with Gasteiger partial charge in [-0.1, -0.05) is 53.0 Å². The summed E-state index contributed by atoms with van der Waals surface area (Å²) in [5.74, 6) is -11.4. The molecule has 114 heavy (non-hydrogen) atoms. The van der Waals surface area contributed by atoms with Gasteiger partial charge in [0.05, 0.1) is 72.9 Å². The van der Waals surface area contributed by atoms with Crippen molar-refractivity contribution < 1.29 is 105 Å². The van der Waals surface area contributed by atoms with Crippen molar-refractivity contribution in [1.29, 1.82) is 0 Å². The summed E-state index contributed by atoms with van der Waals surface area (Å²) in [6.07, 6.45) is -0.256. The van der Waals surface area contributed by atoms with Crippen molar-refractivity contribution in [2.75, 3.05) is 39.1 Å². The summed E-state index contributed by atoms with van der Waals surface area (Å²) in [6.45, 7) is 17.4. The summed E-state index contributed by atoms with van der Waals surface area (Å²) >= 11 is 0. The Morgan fingerprint density at radius 3 is 0.825 bits per heavy atom. The van der Waals surface area contributed by atoms with E-state index in [-0.39, 0.29) is 180 Å². The minimum Gasteiger partial charge on any atom is -0.465 e. The molecule has 26 heteroatoms. The van der Waals surface area contributed by atoms with Gasteiger partial charge >= 0.3 is 35.8 Å². The van der Waals surface area contributed by atoms with Crippen LogP contribution < -0.4 is 39.1 Å². The molecule has 0 saturated carbocycles. The number of imide groups is 2. The third-order valence-electron chi connectivity index (χ3n) is 18.9. The molecule has 2 heterocycles. The van der Waals surface area contributed by atoms with Crippen molar-refractivity contribution in [2.24, 2.45) is 11.8 Å². The number of rotatable bonds is 26. The number of nitrogens with zero attached hydrogens (tertiary/aromatic N) is 2. The molecule has 0 aromatic heterocycles. The highest BCUT2D eigenvalue weighted by molar-refractivity contribution is 6.45. The fraction of sp³-hybridized carbons (Fsp3) is 0.182. The predicted molar refractivity (Wildman–Crippen MR) is 418 cm³/mol. The summed E-state index contributed by atoms with van der Waals surface area (Å²) in [5.41, 5.74) is -0.0854. The lowest BCUT2D eigenvalue weighted by molar-refractivity contribution is -0.130. The zero-order valence-electron chi connectivity index (χ0n) is 63.2. The molecule has 2 aliphatic heterocycles. The Balaban J connectivity index is 1.16. The fourth-order valence-electron chi connectivity index (χ4n) is 13.7. The number of nitrogens with one attached hydrogen (secondary N) is 2. The number of methoxy groups -OCH3 is 4. The smallest absolute Gasteiger partial charge is 0.338 e. The van der Waals surface area contributed by atoms with E-state index in [2.05, 4.69) is 23.8 Å². The summed E-state index contributed by atoms with van der Waals surface area (Å²) in [4.78, 5) is 176. The molecule has 11 aromatic carbocycles. The molecule has 2 unspecified atom stereocenters. The molecule has 0 fully saturated rings. The van der Waals surface area contributed by atoms with Crippen molar-refractivity contribution in [3.63, 3.8) is 0 Å². The van der Waals surface area contributed by atoms with Crippen LogP contribution in [0.5, 0.6) is 57.5 Å². The first kappa shape index (κ1) is 77.6. The summed E-state index contributed by atoms with van der Waals surface area (Å²) in [6, 6.07) is 36.9. The molecule has 2 atom stereocenters. The Morgan fingerprint density at radius 2 is 0.596 bits per heavy atom. The Labute approximate surface area is 650 Å². The van der Waals surface area contributed by atoms with Gasteiger partial charge in [-0.2, -0.15) is 0 Å². The van der Waals surface area contributed by atoms with Crippen LogP contribution in [0.1, 0.15) is 137 Å². The second-order valence-electron chi connectivity index (χ2n) is 27.8. The minimum atomic E-state index is -1.61. The van der Waals surface area contributed by atoms with E-state index in [1.807, 2.05) is 0 Å². The van der Waals surface area contributed by atoms with Gasteiger partial charge in [-0.25, -0.2) is 28.8 Å². The number of hydrogen-bond donors (Lipinski definition) is 2. The molecule has 0 bridgehead atoms. The van der Waals surface area contributed by atoms with Crippen LogP contribution in [0.15, 0.2) is 194 Å². The highest BCUT2D eigenvalue weighted by Crippen LogP contribution is 2.58. The summed E-state index contributed by atoms with van der Waals surface area (Å²) in [5, 5.41) is 5.48. The topological polar surface area (TPSA) is 328 Å². The molecule has 0 spiro atoms. The highest BCUT2D eigenvalue weighted by Gasteiger charge is 2.47. The van der Waals surface area contributed by atoms with Crippen molar-refractivity contribution in [3.8, 4) is 57.5 Å². The Bertz CT molecular complexity index is 5300. The molecule has 0 radical (unpaired) electrons. The van der Waals surface area contributed by atoms with Gasteiger partial charge in [-0.05, 0) is 184 Å². The fourth-order valence-corrected chi connectivity index (χ4v) is 13.7. The molecule has 0 aliphatic carbocycles. The van der Waals surface area contributed by atoms with Crippen molar-refractivity contribution in [1.82, 2.24) is 9.80 Å². The zero-order valence-corrected chi connectivity index (χ0v) is 63.2. The van der Waals surface area contributed by atoms with Gasteiger partial charge in [0.25, 0.3) is 23.6 Å². The lowest BCUT2D eigenvalue weighted by atomic mass is 9.80. The maximum Gasteiger partial charge on any atom is 0.338 e. The van der Waals surface area contributed by atoms with Crippen LogP contribution in [-0.2, 0) is 38.1 Å². The molecular weight excluding hydrogens is 1460 g/mol. The number of anilines is 2. The van der Waals surface area contributed by atoms with Gasteiger partial charge in [0.2, 0.25) is 11.8 Å². The van der Waals surface area contributed by atoms with Crippen molar-refractivity contribution in [3.05, 3.63) is 239 Å². The van der Waals surface area contributed by atoms with E-state index in [1.54, 1.807) is 27.7 Å². The summed E-state index contributed by atoms with van der Waals surface area (Å²) in [7, 11) is 4.81. The van der Waals surface area contributed by atoms with Gasteiger partial charge < -0.3 is 58.0 Å². The minimum absolute atomic E-state index is 0.00533. The van der Waals surface area contributed by atoms with Crippen LogP contribution in [-0.4, -0.2) is 122 Å². The monoisotopic (exact) mass is 1540 g/mol. The van der Waals surface area contributed by atoms with E-state index in [0.29, 0.717) is 0 Å². The van der Waals surface area contributed by atoms with Gasteiger partial charge in [-0.15, -0.1) is 0 Å². The first-order valence-electron chi connectivity index (χ1n) is 35.7. The molecule has 26 nitrogen and oxygen atoms in total. The first-order chi connectivity index (χ1) is 54.6. The number of ether oxygens (including phenoxy) is 10. The van der Waals surface area contributed by atoms with Crippen LogP contribution in [0.2, 0.25) is 0 Å². The molecule has 11 aromatic rings. The van der Waals surface area contributed by atoms with E-state index in [9.17, 15) is 28.8 Å². The average Bonchev–Trinajstić information content (AvgIpc) is 0.670. The van der Waals surface area contributed by atoms with Crippen LogP contribution in [0, 0.1) is 11.8 Å². The molecular formula is C88H72N4O22. The zero-order chi connectivity index (χ0) is 81.4. The second kappa shape index (κ2) is 31.8. The van der Waals surface area contributed by atoms with Gasteiger partial charge in [0, 0.05) is 77.7 Å². The first-order valence-corrected chi connectivity index (χ1v) is 35.7. The molecule has 2 aliphatic rings. The van der Waals surface area contributed by atoms with Crippen LogP contribution in [0.25, 0.3) is 43.1 Å². The number of carbonyl (C=O) groups is 12. The second-order valence-corrected chi connectivity index (χ2v) is 27.8. The number of esters is 6. The van der Waals surface area contributed by atoms with Crippen LogP contribution in [0.4, 0.5) is 11.4 Å². The van der Waals surface area contributed by atoms with Crippen LogP contribution in [0.3, 0.4) is 0 Å². The SMILES string of the molecule is C=C(C)C(=O)Oc1cccc(NC(=O)C(CC(C)C)N2C(=O)c3cc(Oc4ccc(C(=O)OC)cc4)c4c5c(Oc6ccc(C(=O)OC)cc6)cc6c7c(cc(Oc8ccc(C(=O)OC)cc8)c(c8c(Oc9ccc(C(=O)OC)cc9)cc(c3c48)C2=O)c75)C(=O)N(C(CC(C)C)C(=O)Nc2cccc(OC(=O)C(=C)C)c2)C6=O)c1. The molecule has 13 rings (SSSR count). The lowest BCUT2D eigenvalue weighted by Gasteiger charge is -2.36. The third-order valence-corrected chi connectivity index (χ3v) is 18.9. The number of amides is 6. The number of carbonyl (C=O) groups excluding carboxylic acids is 12. The number of benzene rings is 11. The van der Waals surface area contributed by atoms with E-state index >= 15 is 28.8 Å². The standard InChI is InChI=1S/C88H72N4O22/c1-43(2)35-63(77(93)89-51-15-13-17-57(37-51)113-83(99)45(5)6)91-79(95)59-39-65(109-53-27-19-47(20-28-53)85(101)105-9)71-73-67(111-55-31-23-49(24-32-55)87(103)107-11)41-61-70-62(82(98)92(81(61)97)64(36-44(3)4)78(94)90-52-16-14-18-58(38-52)114-84(100)46(7)8)42-68(112-56-33-25-50(26-34-56)88(104)108-12)74(76(70)73)72-66(40-60(80(91)96)69(59)75(71)72)110-54-29-21-48(22-30-54)86(102)106-10/h13-34,37-44,63-64H,5,7,35-36H2,1-4,6,8-12H3,(H,89,93)(H,90,94). The largest absolute Gasteiger partial charge is 0.465 e. The van der Waals surface area contributed by atoms with Gasteiger partial charge in [0.1, 0.15) is 69.6 Å². The van der Waals surface area contributed by atoms with Crippen LogP contribution >= 0.6 is 0 Å². The molecule has 6 amide bonds. The Hall–Kier alpha value is -14.6. The van der Waals surface area contributed by atoms with Crippen molar-refractivity contribution in [2.45, 2.75) is 66.5 Å². The maximum absolute atomic E-state index is 16.5. The number of hydrogen-bond acceptors (Lipinski definition) is 22. The maximum atomic E-state index is 16.5.